The van der Waals surface area contributed by atoms with Crippen molar-refractivity contribution in [2.75, 3.05) is 6.61 Å². The number of esters is 1. The van der Waals surface area contributed by atoms with Crippen molar-refractivity contribution in [3.05, 3.63) is 46.0 Å². The topological polar surface area (TPSA) is 93.2 Å². The fourth-order valence-corrected chi connectivity index (χ4v) is 1.06. The zero-order valence-electron chi connectivity index (χ0n) is 8.70. The largest absolute Gasteiger partial charge is 0.447 e. The average Bonchev–Trinajstić information content (AvgIpc) is 2.34. The van der Waals surface area contributed by atoms with E-state index >= 15 is 0 Å². The van der Waals surface area contributed by atoms with Gasteiger partial charge >= 0.3 is 5.97 Å². The molecule has 0 N–H and O–H groups in total. The van der Waals surface area contributed by atoms with Gasteiger partial charge in [-0.1, -0.05) is 12.1 Å². The van der Waals surface area contributed by atoms with E-state index in [1.807, 2.05) is 0 Å². The molecule has 0 saturated carbocycles. The molecule has 0 fully saturated rings. The van der Waals surface area contributed by atoms with E-state index in [9.17, 15) is 14.9 Å². The molecule has 0 amide bonds. The minimum Gasteiger partial charge on any atom is -0.447 e. The lowest BCUT2D eigenvalue weighted by Gasteiger charge is -1.95. The predicted octanol–water partition coefficient (Wildman–Crippen LogP) is 1.67. The lowest BCUT2D eigenvalue weighted by molar-refractivity contribution is -0.384. The van der Waals surface area contributed by atoms with Crippen LogP contribution >= 0.6 is 0 Å². The number of carbonyl (C=O) groups is 1. The van der Waals surface area contributed by atoms with E-state index in [0.717, 1.165) is 6.08 Å². The number of nitriles is 1. The highest BCUT2D eigenvalue weighted by atomic mass is 16.6. The third-order valence-electron chi connectivity index (χ3n) is 1.77. The molecule has 0 saturated heterocycles. The molecule has 0 aliphatic carbocycles. The molecule has 1 rings (SSSR count). The number of non-ortho nitro benzene ring substituents is 1. The number of nitrogens with zero attached hydrogens (tertiary/aromatic N) is 2. The quantitative estimate of drug-likeness (QED) is 0.340. The number of ether oxygens (including phenoxy) is 1. The predicted molar refractivity (Wildman–Crippen MR) is 58.7 cm³/mol. The average molecular weight is 232 g/mol. The van der Waals surface area contributed by atoms with E-state index in [1.54, 1.807) is 12.1 Å². The first-order chi connectivity index (χ1) is 8.13. The molecule has 0 aliphatic heterocycles. The second kappa shape index (κ2) is 6.02. The molecule has 0 unspecified atom stereocenters. The van der Waals surface area contributed by atoms with Crippen LogP contribution in [0.1, 0.15) is 5.56 Å². The fraction of sp³-hybridized carbons (Fsp3) is 0.0909. The standard InChI is InChI=1S/C11H8N2O4/c12-6-7-17-11(14)5-4-9-2-1-3-10(8-9)13(15)16/h1-5,8H,7H2/b5-4+. The molecule has 6 nitrogen and oxygen atoms in total. The molecule has 1 aromatic rings. The monoisotopic (exact) mass is 232 g/mol. The molecule has 0 aromatic heterocycles. The second-order valence-corrected chi connectivity index (χ2v) is 2.95. The molecular weight excluding hydrogens is 224 g/mol. The van der Waals surface area contributed by atoms with Crippen LogP contribution in [0, 0.1) is 21.4 Å². The number of hydrogen-bond acceptors (Lipinski definition) is 5. The molecule has 0 aliphatic rings. The normalized spacial score (nSPS) is 9.82. The summed E-state index contributed by atoms with van der Waals surface area (Å²) in [5.74, 6) is -0.668. The maximum absolute atomic E-state index is 11.0. The summed E-state index contributed by atoms with van der Waals surface area (Å²) in [6, 6.07) is 7.46. The van der Waals surface area contributed by atoms with Crippen LogP contribution in [-0.4, -0.2) is 17.5 Å². The lowest BCUT2D eigenvalue weighted by atomic mass is 10.2. The van der Waals surface area contributed by atoms with Gasteiger partial charge in [0, 0.05) is 18.2 Å². The Morgan fingerprint density at radius 2 is 2.35 bits per heavy atom. The Bertz CT molecular complexity index is 502. The molecule has 0 atom stereocenters. The van der Waals surface area contributed by atoms with Crippen molar-refractivity contribution in [3.8, 4) is 6.07 Å². The smallest absolute Gasteiger partial charge is 0.331 e. The first-order valence-corrected chi connectivity index (χ1v) is 4.59. The van der Waals surface area contributed by atoms with Gasteiger partial charge in [-0.3, -0.25) is 10.1 Å². The molecule has 0 radical (unpaired) electrons. The Kier molecular flexibility index (Phi) is 4.39. The summed E-state index contributed by atoms with van der Waals surface area (Å²) in [4.78, 5) is 21.0. The van der Waals surface area contributed by atoms with E-state index in [0.29, 0.717) is 5.56 Å². The van der Waals surface area contributed by atoms with Gasteiger partial charge in [-0.2, -0.15) is 5.26 Å². The van der Waals surface area contributed by atoms with Gasteiger partial charge in [0.1, 0.15) is 6.07 Å². The van der Waals surface area contributed by atoms with Crippen molar-refractivity contribution in [1.82, 2.24) is 0 Å². The third-order valence-corrected chi connectivity index (χ3v) is 1.77. The minimum atomic E-state index is -0.668. The van der Waals surface area contributed by atoms with Gasteiger partial charge in [-0.15, -0.1) is 0 Å². The van der Waals surface area contributed by atoms with Crippen molar-refractivity contribution in [2.24, 2.45) is 0 Å². The number of benzene rings is 1. The first-order valence-electron chi connectivity index (χ1n) is 4.59. The number of rotatable bonds is 4. The SMILES string of the molecule is N#CCOC(=O)/C=C/c1cccc([N+](=O)[O-])c1. The van der Waals surface area contributed by atoms with E-state index in [2.05, 4.69) is 4.74 Å². The van der Waals surface area contributed by atoms with Crippen LogP contribution in [0.25, 0.3) is 6.08 Å². The van der Waals surface area contributed by atoms with Crippen molar-refractivity contribution in [1.29, 1.82) is 5.26 Å². The van der Waals surface area contributed by atoms with Gasteiger partial charge in [-0.25, -0.2) is 4.79 Å². The Balaban J connectivity index is 2.72. The Morgan fingerprint density at radius 1 is 1.59 bits per heavy atom. The molecule has 86 valence electrons. The summed E-state index contributed by atoms with van der Waals surface area (Å²) in [7, 11) is 0. The summed E-state index contributed by atoms with van der Waals surface area (Å²) >= 11 is 0. The van der Waals surface area contributed by atoms with Gasteiger partial charge in [0.2, 0.25) is 0 Å². The van der Waals surface area contributed by atoms with Crippen LogP contribution in [0.5, 0.6) is 0 Å². The molecule has 6 heteroatoms. The summed E-state index contributed by atoms with van der Waals surface area (Å²) in [6.45, 7) is -0.321. The van der Waals surface area contributed by atoms with Crippen molar-refractivity contribution < 1.29 is 14.5 Å². The Labute approximate surface area is 96.9 Å². The van der Waals surface area contributed by atoms with Crippen LogP contribution in [0.15, 0.2) is 30.3 Å². The van der Waals surface area contributed by atoms with Crippen molar-refractivity contribution in [2.45, 2.75) is 0 Å². The van der Waals surface area contributed by atoms with Crippen molar-refractivity contribution in [3.63, 3.8) is 0 Å². The number of nitro groups is 1. The maximum atomic E-state index is 11.0. The van der Waals surface area contributed by atoms with Gasteiger partial charge in [0.25, 0.3) is 5.69 Å². The number of carbonyl (C=O) groups excluding carboxylic acids is 1. The zero-order valence-corrected chi connectivity index (χ0v) is 8.70. The second-order valence-electron chi connectivity index (χ2n) is 2.95. The highest BCUT2D eigenvalue weighted by molar-refractivity contribution is 5.87. The van der Waals surface area contributed by atoms with Gasteiger partial charge in [-0.05, 0) is 11.6 Å². The maximum Gasteiger partial charge on any atom is 0.331 e. The minimum absolute atomic E-state index is 0.0578. The Morgan fingerprint density at radius 3 is 3.00 bits per heavy atom. The number of nitro benzene ring substituents is 1. The van der Waals surface area contributed by atoms with E-state index in [4.69, 9.17) is 5.26 Å². The molecule has 17 heavy (non-hydrogen) atoms. The summed E-state index contributed by atoms with van der Waals surface area (Å²) in [5.41, 5.74) is 0.450. The van der Waals surface area contributed by atoms with Gasteiger partial charge in [0.05, 0.1) is 4.92 Å². The Hall–Kier alpha value is -2.68. The van der Waals surface area contributed by atoms with Crippen LogP contribution in [-0.2, 0) is 9.53 Å². The van der Waals surface area contributed by atoms with Crippen molar-refractivity contribution >= 4 is 17.7 Å². The van der Waals surface area contributed by atoms with Crippen LogP contribution in [0.4, 0.5) is 5.69 Å². The summed E-state index contributed by atoms with van der Waals surface area (Å²) in [5, 5.41) is 18.7. The first kappa shape index (κ1) is 12.4. The number of hydrogen-bond donors (Lipinski definition) is 0. The summed E-state index contributed by atoms with van der Waals surface area (Å²) < 4.78 is 4.47. The van der Waals surface area contributed by atoms with Gasteiger partial charge in [0.15, 0.2) is 6.61 Å². The van der Waals surface area contributed by atoms with E-state index < -0.39 is 10.9 Å². The third kappa shape index (κ3) is 4.13. The van der Waals surface area contributed by atoms with Crippen LogP contribution < -0.4 is 0 Å². The summed E-state index contributed by atoms with van der Waals surface area (Å²) in [6.07, 6.45) is 2.49. The molecule has 0 bridgehead atoms. The molecule has 1 aromatic carbocycles. The van der Waals surface area contributed by atoms with E-state index in [1.165, 1.54) is 24.3 Å². The van der Waals surface area contributed by atoms with Gasteiger partial charge < -0.3 is 4.74 Å². The van der Waals surface area contributed by atoms with Crippen LogP contribution in [0.2, 0.25) is 0 Å². The van der Waals surface area contributed by atoms with Crippen LogP contribution in [0.3, 0.4) is 0 Å². The zero-order chi connectivity index (χ0) is 12.7. The molecular formula is C11H8N2O4. The highest BCUT2D eigenvalue weighted by Crippen LogP contribution is 2.13. The fourth-order valence-electron chi connectivity index (χ4n) is 1.06. The van der Waals surface area contributed by atoms with E-state index in [-0.39, 0.29) is 12.3 Å². The molecule has 0 spiro atoms. The molecule has 0 heterocycles. The lowest BCUT2D eigenvalue weighted by Crippen LogP contribution is -1.99. The highest BCUT2D eigenvalue weighted by Gasteiger charge is 2.04.